The van der Waals surface area contributed by atoms with Gasteiger partial charge in [-0.1, -0.05) is 28.4 Å². The summed E-state index contributed by atoms with van der Waals surface area (Å²) in [6.45, 7) is 4.23. The van der Waals surface area contributed by atoms with E-state index in [1.54, 1.807) is 0 Å². The van der Waals surface area contributed by atoms with Gasteiger partial charge >= 0.3 is 0 Å². The van der Waals surface area contributed by atoms with Gasteiger partial charge in [0.25, 0.3) is 0 Å². The van der Waals surface area contributed by atoms with Gasteiger partial charge in [0, 0.05) is 12.1 Å². The summed E-state index contributed by atoms with van der Waals surface area (Å²) in [5.74, 6) is -2.09. The van der Waals surface area contributed by atoms with Crippen molar-refractivity contribution in [3.8, 4) is 11.5 Å². The van der Waals surface area contributed by atoms with Crippen LogP contribution in [0.1, 0.15) is 26.7 Å². The molecule has 0 N–H and O–H groups in total. The number of unbranched alkanes of at least 4 members (excludes halogenated alkanes) is 1. The average Bonchev–Trinajstić information content (AvgIpc) is 2.47. The van der Waals surface area contributed by atoms with Gasteiger partial charge in [-0.05, 0) is 32.8 Å². The number of hydrogen-bond donors (Lipinski definition) is 0. The average molecular weight is 382 g/mol. The van der Waals surface area contributed by atoms with E-state index in [0.29, 0.717) is 19.4 Å². The lowest BCUT2D eigenvalue weighted by atomic mass is 10.3. The predicted molar refractivity (Wildman–Crippen MR) is 91.1 cm³/mol. The van der Waals surface area contributed by atoms with Gasteiger partial charge in [-0.2, -0.15) is 0 Å². The molecule has 0 fully saturated rings. The highest BCUT2D eigenvalue weighted by atomic mass is 35.5. The van der Waals surface area contributed by atoms with E-state index in [4.69, 9.17) is 37.5 Å². The third-order valence-electron chi connectivity index (χ3n) is 2.58. The maximum absolute atomic E-state index is 13.9. The minimum Gasteiger partial charge on any atom is -0.489 e. The first-order valence-corrected chi connectivity index (χ1v) is 8.04. The van der Waals surface area contributed by atoms with Crippen LogP contribution >= 0.6 is 23.2 Å². The second-order valence-electron chi connectivity index (χ2n) is 4.95. The normalized spacial score (nSPS) is 10.1. The summed E-state index contributed by atoms with van der Waals surface area (Å²) < 4.78 is 38.0. The third kappa shape index (κ3) is 8.36. The second kappa shape index (κ2) is 11.1. The lowest BCUT2D eigenvalue weighted by Crippen LogP contribution is -2.04. The van der Waals surface area contributed by atoms with Gasteiger partial charge in [0.15, 0.2) is 17.4 Å². The number of nitrogens with zero attached hydrogens (tertiary/aromatic N) is 1. The first kappa shape index (κ1) is 20.5. The van der Waals surface area contributed by atoms with Crippen LogP contribution in [0.4, 0.5) is 8.78 Å². The first-order chi connectivity index (χ1) is 11.4. The smallest absolute Gasteiger partial charge is 0.190 e. The third-order valence-corrected chi connectivity index (χ3v) is 2.89. The van der Waals surface area contributed by atoms with Gasteiger partial charge in [0.2, 0.25) is 0 Å². The fourth-order valence-electron chi connectivity index (χ4n) is 1.58. The SMILES string of the molecule is CC(C)=NOCCCCOc1c(F)cc(OCC=C(Cl)Cl)cc1F. The molecule has 0 spiro atoms. The highest BCUT2D eigenvalue weighted by Crippen LogP contribution is 2.27. The monoisotopic (exact) mass is 381 g/mol. The van der Waals surface area contributed by atoms with Gasteiger partial charge in [0.1, 0.15) is 23.5 Å². The van der Waals surface area contributed by atoms with E-state index in [1.807, 2.05) is 13.8 Å². The Labute approximate surface area is 150 Å². The summed E-state index contributed by atoms with van der Waals surface area (Å²) >= 11 is 10.8. The van der Waals surface area contributed by atoms with Gasteiger partial charge in [0.05, 0.1) is 12.3 Å². The summed E-state index contributed by atoms with van der Waals surface area (Å²) in [4.78, 5) is 5.01. The van der Waals surface area contributed by atoms with Crippen LogP contribution in [0.15, 0.2) is 27.9 Å². The quantitative estimate of drug-likeness (QED) is 0.316. The molecule has 8 heteroatoms. The lowest BCUT2D eigenvalue weighted by molar-refractivity contribution is 0.134. The number of hydrogen-bond acceptors (Lipinski definition) is 4. The first-order valence-electron chi connectivity index (χ1n) is 7.29. The molecule has 0 saturated carbocycles. The van der Waals surface area contributed by atoms with E-state index in [1.165, 1.54) is 6.08 Å². The van der Waals surface area contributed by atoms with Crippen molar-refractivity contribution in [1.29, 1.82) is 0 Å². The van der Waals surface area contributed by atoms with Crippen LogP contribution in [-0.2, 0) is 4.84 Å². The molecule has 0 atom stereocenters. The van der Waals surface area contributed by atoms with Crippen LogP contribution in [0.2, 0.25) is 0 Å². The van der Waals surface area contributed by atoms with E-state index in [9.17, 15) is 8.78 Å². The van der Waals surface area contributed by atoms with Crippen molar-refractivity contribution in [1.82, 2.24) is 0 Å². The Morgan fingerprint density at radius 2 is 1.71 bits per heavy atom. The standard InChI is InChI=1S/C16H19Cl2F2NO3/c1-11(2)21-24-7-4-3-6-23-16-13(19)9-12(10-14(16)20)22-8-5-15(17)18/h5,9-10H,3-4,6-8H2,1-2H3. The second-order valence-corrected chi connectivity index (χ2v) is 5.96. The Morgan fingerprint density at radius 1 is 1.08 bits per heavy atom. The number of ether oxygens (including phenoxy) is 2. The van der Waals surface area contributed by atoms with E-state index in [2.05, 4.69) is 5.16 Å². The Morgan fingerprint density at radius 3 is 2.29 bits per heavy atom. The molecule has 0 aromatic heterocycles. The van der Waals surface area contributed by atoms with Crippen molar-refractivity contribution >= 4 is 28.9 Å². The largest absolute Gasteiger partial charge is 0.489 e. The molecule has 0 amide bonds. The highest BCUT2D eigenvalue weighted by Gasteiger charge is 2.13. The van der Waals surface area contributed by atoms with Crippen molar-refractivity contribution in [2.75, 3.05) is 19.8 Å². The molecular weight excluding hydrogens is 363 g/mol. The molecule has 0 saturated heterocycles. The minimum atomic E-state index is -0.839. The summed E-state index contributed by atoms with van der Waals surface area (Å²) in [5.41, 5.74) is 0.821. The van der Waals surface area contributed by atoms with Crippen LogP contribution in [0.25, 0.3) is 0 Å². The van der Waals surface area contributed by atoms with Crippen LogP contribution in [0.5, 0.6) is 11.5 Å². The lowest BCUT2D eigenvalue weighted by Gasteiger charge is -2.10. The van der Waals surface area contributed by atoms with Gasteiger partial charge in [-0.25, -0.2) is 8.78 Å². The van der Waals surface area contributed by atoms with Gasteiger partial charge < -0.3 is 14.3 Å². The van der Waals surface area contributed by atoms with Crippen LogP contribution < -0.4 is 9.47 Å². The molecule has 1 aromatic rings. The van der Waals surface area contributed by atoms with E-state index in [-0.39, 0.29) is 23.5 Å². The number of halogens is 4. The molecule has 0 bridgehead atoms. The number of rotatable bonds is 10. The molecule has 0 radical (unpaired) electrons. The fraction of sp³-hybridized carbons (Fsp3) is 0.438. The zero-order chi connectivity index (χ0) is 17.9. The minimum absolute atomic E-state index is 0.00112. The molecule has 134 valence electrons. The van der Waals surface area contributed by atoms with E-state index < -0.39 is 17.4 Å². The molecular formula is C16H19Cl2F2NO3. The molecule has 0 heterocycles. The molecule has 0 unspecified atom stereocenters. The Bertz CT molecular complexity index is 564. The molecule has 24 heavy (non-hydrogen) atoms. The summed E-state index contributed by atoms with van der Waals surface area (Å²) in [5, 5.41) is 3.77. The summed E-state index contributed by atoms with van der Waals surface area (Å²) in [6.07, 6.45) is 2.59. The van der Waals surface area contributed by atoms with Crippen LogP contribution in [0.3, 0.4) is 0 Å². The maximum Gasteiger partial charge on any atom is 0.190 e. The summed E-state index contributed by atoms with van der Waals surface area (Å²) in [7, 11) is 0. The molecule has 0 aliphatic rings. The zero-order valence-corrected chi connectivity index (χ0v) is 15.0. The predicted octanol–water partition coefficient (Wildman–Crippen LogP) is 5.23. The van der Waals surface area contributed by atoms with Gasteiger partial charge in [-0.3, -0.25) is 0 Å². The van der Waals surface area contributed by atoms with Crippen LogP contribution in [0, 0.1) is 11.6 Å². The maximum atomic E-state index is 13.9. The van der Waals surface area contributed by atoms with Crippen molar-refractivity contribution in [3.05, 3.63) is 34.3 Å². The topological polar surface area (TPSA) is 40.0 Å². The van der Waals surface area contributed by atoms with Crippen molar-refractivity contribution in [2.24, 2.45) is 5.16 Å². The van der Waals surface area contributed by atoms with Crippen molar-refractivity contribution < 1.29 is 23.1 Å². The molecule has 1 rings (SSSR count). The fourth-order valence-corrected chi connectivity index (χ4v) is 1.70. The molecule has 1 aromatic carbocycles. The Balaban J connectivity index is 2.43. The van der Waals surface area contributed by atoms with Crippen LogP contribution in [-0.4, -0.2) is 25.5 Å². The summed E-state index contributed by atoms with van der Waals surface area (Å²) in [6, 6.07) is 2.08. The number of oxime groups is 1. The number of benzene rings is 1. The highest BCUT2D eigenvalue weighted by molar-refractivity contribution is 6.55. The Kier molecular flexibility index (Phi) is 9.49. The molecule has 0 aliphatic carbocycles. The zero-order valence-electron chi connectivity index (χ0n) is 13.5. The van der Waals surface area contributed by atoms with E-state index in [0.717, 1.165) is 17.8 Å². The van der Waals surface area contributed by atoms with Gasteiger partial charge in [-0.15, -0.1) is 0 Å². The van der Waals surface area contributed by atoms with Crippen molar-refractivity contribution in [2.45, 2.75) is 26.7 Å². The molecule has 0 aliphatic heterocycles. The van der Waals surface area contributed by atoms with E-state index >= 15 is 0 Å². The molecule has 4 nitrogen and oxygen atoms in total. The Hall–Kier alpha value is -1.53. The van der Waals surface area contributed by atoms with Crippen molar-refractivity contribution in [3.63, 3.8) is 0 Å².